The Morgan fingerprint density at radius 2 is 1.78 bits per heavy atom. The van der Waals surface area contributed by atoms with Crippen molar-refractivity contribution in [1.82, 2.24) is 25.4 Å². The van der Waals surface area contributed by atoms with Crippen LogP contribution in [0.2, 0.25) is 0 Å². The predicted octanol–water partition coefficient (Wildman–Crippen LogP) is 2.15. The van der Waals surface area contributed by atoms with E-state index < -0.39 is 12.1 Å². The number of nitrogens with zero attached hydrogens (tertiary/aromatic N) is 3. The average molecular weight is 504 g/mol. The summed E-state index contributed by atoms with van der Waals surface area (Å²) < 4.78 is 0. The fourth-order valence-corrected chi connectivity index (χ4v) is 6.32. The van der Waals surface area contributed by atoms with E-state index in [0.717, 1.165) is 43.7 Å². The number of hydrogen-bond acceptors (Lipinski definition) is 5. The minimum absolute atomic E-state index is 0.00539. The number of likely N-dealkylation sites (tertiary alicyclic amines) is 1. The second kappa shape index (κ2) is 11.4. The Kier molecular flexibility index (Phi) is 7.84. The number of rotatable bonds is 4. The van der Waals surface area contributed by atoms with Crippen LogP contribution in [-0.4, -0.2) is 70.3 Å². The van der Waals surface area contributed by atoms with Crippen LogP contribution in [0.3, 0.4) is 0 Å². The summed E-state index contributed by atoms with van der Waals surface area (Å²) in [7, 11) is 0. The van der Waals surface area contributed by atoms with Crippen LogP contribution in [0.25, 0.3) is 0 Å². The van der Waals surface area contributed by atoms with Gasteiger partial charge in [0.2, 0.25) is 17.7 Å². The van der Waals surface area contributed by atoms with Gasteiger partial charge in [0.1, 0.15) is 12.1 Å². The maximum Gasteiger partial charge on any atom is 0.245 e. The van der Waals surface area contributed by atoms with Crippen molar-refractivity contribution in [3.63, 3.8) is 0 Å². The largest absolute Gasteiger partial charge is 0.345 e. The van der Waals surface area contributed by atoms with Gasteiger partial charge in [0.05, 0.1) is 5.69 Å². The summed E-state index contributed by atoms with van der Waals surface area (Å²) in [5, 5.41) is 5.79. The molecule has 3 saturated heterocycles. The molecule has 8 nitrogen and oxygen atoms in total. The number of benzene rings is 1. The highest BCUT2D eigenvalue weighted by molar-refractivity contribution is 5.92. The van der Waals surface area contributed by atoms with Crippen molar-refractivity contribution >= 4 is 17.7 Å². The van der Waals surface area contributed by atoms with Crippen LogP contribution in [-0.2, 0) is 27.3 Å². The van der Waals surface area contributed by atoms with Crippen molar-refractivity contribution in [2.24, 2.45) is 11.8 Å². The molecule has 3 amide bonds. The molecule has 0 aliphatic carbocycles. The summed E-state index contributed by atoms with van der Waals surface area (Å²) in [6, 6.07) is 14.5. The molecule has 196 valence electrons. The highest BCUT2D eigenvalue weighted by Crippen LogP contribution is 2.36. The van der Waals surface area contributed by atoms with E-state index in [4.69, 9.17) is 0 Å². The van der Waals surface area contributed by atoms with E-state index in [2.05, 4.69) is 31.5 Å². The summed E-state index contributed by atoms with van der Waals surface area (Å²) in [5.41, 5.74) is 2.06. The van der Waals surface area contributed by atoms with Gasteiger partial charge in [-0.1, -0.05) is 36.4 Å². The number of carbonyl (C=O) groups is 3. The molecule has 5 atom stereocenters. The lowest BCUT2D eigenvalue weighted by Crippen LogP contribution is -2.63. The number of amides is 3. The van der Waals surface area contributed by atoms with Gasteiger partial charge in [-0.3, -0.25) is 24.3 Å². The molecule has 3 fully saturated rings. The number of piperidine rings is 2. The second-order valence-electron chi connectivity index (χ2n) is 10.9. The molecule has 4 heterocycles. The molecule has 1 aromatic carbocycles. The van der Waals surface area contributed by atoms with E-state index in [9.17, 15) is 14.4 Å². The van der Waals surface area contributed by atoms with Gasteiger partial charge in [-0.15, -0.1) is 0 Å². The summed E-state index contributed by atoms with van der Waals surface area (Å²) >= 11 is 0. The van der Waals surface area contributed by atoms with Crippen molar-refractivity contribution in [3.05, 3.63) is 66.0 Å². The van der Waals surface area contributed by atoms with Gasteiger partial charge in [0.15, 0.2) is 0 Å². The lowest BCUT2D eigenvalue weighted by molar-refractivity contribution is -0.146. The molecule has 37 heavy (non-hydrogen) atoms. The predicted molar refractivity (Wildman–Crippen MR) is 140 cm³/mol. The van der Waals surface area contributed by atoms with Crippen molar-refractivity contribution in [1.29, 1.82) is 0 Å². The highest BCUT2D eigenvalue weighted by Gasteiger charge is 2.44. The first-order valence-electron chi connectivity index (χ1n) is 13.5. The SMILES string of the molecule is C[C@H]1NC(=O)CCC[C@H]2[C@@H]3C[C@@H](CN(Cc4ccccn4)C3)CN2C(=O)[C@H](Cc2ccccc2)NC1=O. The Morgan fingerprint density at radius 1 is 0.973 bits per heavy atom. The molecule has 3 aliphatic rings. The van der Waals surface area contributed by atoms with Crippen LogP contribution in [0.1, 0.15) is 43.9 Å². The van der Waals surface area contributed by atoms with Crippen molar-refractivity contribution in [2.45, 2.75) is 63.7 Å². The minimum Gasteiger partial charge on any atom is -0.345 e. The Labute approximate surface area is 218 Å². The number of fused-ring (bicyclic) bond motifs is 4. The summed E-state index contributed by atoms with van der Waals surface area (Å²) in [4.78, 5) is 48.7. The van der Waals surface area contributed by atoms with Crippen LogP contribution in [0.4, 0.5) is 0 Å². The number of hydrogen-bond donors (Lipinski definition) is 2. The van der Waals surface area contributed by atoms with Gasteiger partial charge in [-0.2, -0.15) is 0 Å². The number of nitrogens with one attached hydrogen (secondary N) is 2. The molecule has 2 N–H and O–H groups in total. The zero-order valence-electron chi connectivity index (χ0n) is 21.5. The minimum atomic E-state index is -0.685. The lowest BCUT2D eigenvalue weighted by atomic mass is 9.77. The first-order chi connectivity index (χ1) is 18.0. The summed E-state index contributed by atoms with van der Waals surface area (Å²) in [5.74, 6) is 0.270. The Balaban J connectivity index is 1.39. The van der Waals surface area contributed by atoms with E-state index in [0.29, 0.717) is 37.6 Å². The second-order valence-corrected chi connectivity index (χ2v) is 10.9. The van der Waals surface area contributed by atoms with Crippen LogP contribution in [0, 0.1) is 11.8 Å². The van der Waals surface area contributed by atoms with E-state index in [1.165, 1.54) is 0 Å². The van der Waals surface area contributed by atoms with E-state index >= 15 is 0 Å². The quantitative estimate of drug-likeness (QED) is 0.667. The smallest absolute Gasteiger partial charge is 0.245 e. The molecule has 0 saturated carbocycles. The fraction of sp³-hybridized carbons (Fsp3) is 0.517. The van der Waals surface area contributed by atoms with Gasteiger partial charge >= 0.3 is 0 Å². The number of aromatic nitrogens is 1. The maximum atomic E-state index is 14.1. The molecule has 2 bridgehead atoms. The monoisotopic (exact) mass is 503 g/mol. The maximum absolute atomic E-state index is 14.1. The van der Waals surface area contributed by atoms with Crippen molar-refractivity contribution in [3.8, 4) is 0 Å². The van der Waals surface area contributed by atoms with Gasteiger partial charge < -0.3 is 15.5 Å². The molecular weight excluding hydrogens is 466 g/mol. The molecule has 0 spiro atoms. The van der Waals surface area contributed by atoms with E-state index in [1.807, 2.05) is 48.7 Å². The lowest BCUT2D eigenvalue weighted by Gasteiger charge is -2.51. The van der Waals surface area contributed by atoms with Gasteiger partial charge in [0.25, 0.3) is 0 Å². The van der Waals surface area contributed by atoms with Crippen molar-refractivity contribution in [2.75, 3.05) is 19.6 Å². The molecule has 0 unspecified atom stereocenters. The Hall–Kier alpha value is -3.26. The molecule has 2 aromatic rings. The van der Waals surface area contributed by atoms with Crippen LogP contribution in [0.5, 0.6) is 0 Å². The molecule has 5 rings (SSSR count). The zero-order chi connectivity index (χ0) is 25.8. The zero-order valence-corrected chi connectivity index (χ0v) is 21.5. The molecule has 1 aromatic heterocycles. The third-order valence-electron chi connectivity index (χ3n) is 8.01. The van der Waals surface area contributed by atoms with Gasteiger partial charge in [-0.05, 0) is 55.7 Å². The normalized spacial score (nSPS) is 29.4. The van der Waals surface area contributed by atoms with Crippen LogP contribution in [0.15, 0.2) is 54.7 Å². The number of carbonyl (C=O) groups excluding carboxylic acids is 3. The molecule has 0 radical (unpaired) electrons. The molecule has 8 heteroatoms. The highest BCUT2D eigenvalue weighted by atomic mass is 16.2. The topological polar surface area (TPSA) is 94.6 Å². The Morgan fingerprint density at radius 3 is 2.57 bits per heavy atom. The molecular formula is C29H37N5O3. The third kappa shape index (κ3) is 6.18. The first kappa shape index (κ1) is 25.4. The Bertz CT molecular complexity index is 1100. The standard InChI is InChI=1S/C29H37N5O3/c1-20-28(36)32-25(15-21-8-3-2-4-9-21)29(37)34-17-22-14-23(26(34)11-7-12-27(35)31-20)18-33(16-22)19-24-10-5-6-13-30-24/h2-6,8-10,13,20,22-23,25-26H,7,11-12,14-19H2,1H3,(H,31,35)(H,32,36)/t20-,22+,23-,25+,26+/m1/s1. The average Bonchev–Trinajstić information content (AvgIpc) is 2.89. The first-order valence-corrected chi connectivity index (χ1v) is 13.5. The van der Waals surface area contributed by atoms with Gasteiger partial charge in [0, 0.05) is 51.3 Å². The number of pyridine rings is 1. The summed E-state index contributed by atoms with van der Waals surface area (Å²) in [6.45, 7) is 5.00. The van der Waals surface area contributed by atoms with Crippen LogP contribution < -0.4 is 10.6 Å². The third-order valence-corrected chi connectivity index (χ3v) is 8.01. The summed E-state index contributed by atoms with van der Waals surface area (Å²) in [6.07, 6.45) is 5.19. The van der Waals surface area contributed by atoms with E-state index in [1.54, 1.807) is 6.92 Å². The fourth-order valence-electron chi connectivity index (χ4n) is 6.32. The van der Waals surface area contributed by atoms with E-state index in [-0.39, 0.29) is 23.8 Å². The van der Waals surface area contributed by atoms with Gasteiger partial charge in [-0.25, -0.2) is 0 Å². The molecule has 3 aliphatic heterocycles. The van der Waals surface area contributed by atoms with Crippen LogP contribution >= 0.6 is 0 Å². The van der Waals surface area contributed by atoms with Crippen molar-refractivity contribution < 1.29 is 14.4 Å².